The molecule has 0 aromatic heterocycles. The van der Waals surface area contributed by atoms with E-state index in [0.717, 1.165) is 31.7 Å². The second kappa shape index (κ2) is 5.75. The average Bonchev–Trinajstić information content (AvgIpc) is 2.41. The van der Waals surface area contributed by atoms with Gasteiger partial charge in [0.1, 0.15) is 5.82 Å². The first-order chi connectivity index (χ1) is 9.47. The fourth-order valence-electron chi connectivity index (χ4n) is 2.99. The summed E-state index contributed by atoms with van der Waals surface area (Å²) in [6.45, 7) is 2.55. The Morgan fingerprint density at radius 3 is 2.85 bits per heavy atom. The van der Waals surface area contributed by atoms with Crippen molar-refractivity contribution in [2.75, 3.05) is 11.9 Å². The predicted octanol–water partition coefficient (Wildman–Crippen LogP) is 3.05. The molecule has 5 nitrogen and oxygen atoms in total. The van der Waals surface area contributed by atoms with Crippen LogP contribution in [0, 0.1) is 21.8 Å². The first kappa shape index (κ1) is 14.7. The molecule has 20 heavy (non-hydrogen) atoms. The quantitative estimate of drug-likeness (QED) is 0.656. The molecular weight excluding hydrogens is 261 g/mol. The number of anilines is 1. The zero-order valence-electron chi connectivity index (χ0n) is 11.6. The summed E-state index contributed by atoms with van der Waals surface area (Å²) >= 11 is 0. The van der Waals surface area contributed by atoms with Gasteiger partial charge in [0.25, 0.3) is 5.69 Å². The van der Waals surface area contributed by atoms with E-state index in [9.17, 15) is 14.5 Å². The molecule has 1 aliphatic carbocycles. The van der Waals surface area contributed by atoms with E-state index >= 15 is 0 Å². The van der Waals surface area contributed by atoms with Gasteiger partial charge in [-0.25, -0.2) is 4.39 Å². The van der Waals surface area contributed by atoms with Crippen LogP contribution >= 0.6 is 0 Å². The molecule has 1 fully saturated rings. The molecule has 1 aromatic rings. The van der Waals surface area contributed by atoms with Gasteiger partial charge in [0.2, 0.25) is 0 Å². The summed E-state index contributed by atoms with van der Waals surface area (Å²) in [7, 11) is 0. The molecule has 2 atom stereocenters. The van der Waals surface area contributed by atoms with Crippen molar-refractivity contribution in [1.82, 2.24) is 0 Å². The first-order valence-corrected chi connectivity index (χ1v) is 6.90. The van der Waals surface area contributed by atoms with Crippen molar-refractivity contribution in [1.29, 1.82) is 0 Å². The number of rotatable bonds is 4. The SMILES string of the molecule is CC1CCCCC1(CN)Nc1cc(F)cc([N+](=O)[O-])c1. The molecule has 0 heterocycles. The Hall–Kier alpha value is -1.69. The number of nitrogens with one attached hydrogen (secondary N) is 1. The largest absolute Gasteiger partial charge is 0.378 e. The lowest BCUT2D eigenvalue weighted by Crippen LogP contribution is -2.52. The van der Waals surface area contributed by atoms with Crippen molar-refractivity contribution >= 4 is 11.4 Å². The van der Waals surface area contributed by atoms with E-state index in [4.69, 9.17) is 5.73 Å². The van der Waals surface area contributed by atoms with E-state index in [2.05, 4.69) is 12.2 Å². The van der Waals surface area contributed by atoms with E-state index in [1.165, 1.54) is 12.1 Å². The Morgan fingerprint density at radius 1 is 1.50 bits per heavy atom. The second-order valence-electron chi connectivity index (χ2n) is 5.59. The summed E-state index contributed by atoms with van der Waals surface area (Å²) in [6.07, 6.45) is 4.18. The molecule has 1 aliphatic rings. The first-order valence-electron chi connectivity index (χ1n) is 6.90. The standard InChI is InChI=1S/C14H20FN3O2/c1-10-4-2-3-5-14(10,9-16)17-12-6-11(15)7-13(8-12)18(19)20/h6-8,10,17H,2-5,9,16H2,1H3. The Morgan fingerprint density at radius 2 is 2.25 bits per heavy atom. The predicted molar refractivity (Wildman–Crippen MR) is 76.1 cm³/mol. The van der Waals surface area contributed by atoms with E-state index in [0.29, 0.717) is 18.2 Å². The van der Waals surface area contributed by atoms with Crippen molar-refractivity contribution < 1.29 is 9.31 Å². The summed E-state index contributed by atoms with van der Waals surface area (Å²) in [5.74, 6) is -0.263. The number of nitrogens with zero attached hydrogens (tertiary/aromatic N) is 1. The van der Waals surface area contributed by atoms with Crippen LogP contribution in [0.5, 0.6) is 0 Å². The van der Waals surface area contributed by atoms with Crippen molar-refractivity contribution in [3.05, 3.63) is 34.1 Å². The van der Waals surface area contributed by atoms with Crippen LogP contribution < -0.4 is 11.1 Å². The number of benzene rings is 1. The molecule has 1 aromatic carbocycles. The summed E-state index contributed by atoms with van der Waals surface area (Å²) < 4.78 is 13.5. The minimum absolute atomic E-state index is 0.247. The van der Waals surface area contributed by atoms with Crippen LogP contribution in [-0.2, 0) is 0 Å². The molecule has 2 unspecified atom stereocenters. The third-order valence-corrected chi connectivity index (χ3v) is 4.30. The maximum absolute atomic E-state index is 13.5. The van der Waals surface area contributed by atoms with E-state index in [1.54, 1.807) is 0 Å². The van der Waals surface area contributed by atoms with E-state index < -0.39 is 10.7 Å². The summed E-state index contributed by atoms with van der Waals surface area (Å²) in [4.78, 5) is 10.2. The lowest BCUT2D eigenvalue weighted by atomic mass is 9.73. The summed E-state index contributed by atoms with van der Waals surface area (Å²) in [6, 6.07) is 3.57. The molecule has 0 aliphatic heterocycles. The van der Waals surface area contributed by atoms with Gasteiger partial charge >= 0.3 is 0 Å². The van der Waals surface area contributed by atoms with Gasteiger partial charge < -0.3 is 11.1 Å². The molecule has 0 saturated heterocycles. The monoisotopic (exact) mass is 281 g/mol. The highest BCUT2D eigenvalue weighted by molar-refractivity contribution is 5.53. The molecule has 2 rings (SSSR count). The molecule has 6 heteroatoms. The van der Waals surface area contributed by atoms with E-state index in [1.807, 2.05) is 0 Å². The Bertz CT molecular complexity index is 509. The average molecular weight is 281 g/mol. The number of nitrogens with two attached hydrogens (primary N) is 1. The highest BCUT2D eigenvalue weighted by atomic mass is 19.1. The fourth-order valence-corrected chi connectivity index (χ4v) is 2.99. The van der Waals surface area contributed by atoms with Crippen LogP contribution in [0.2, 0.25) is 0 Å². The number of non-ortho nitro benzene ring substituents is 1. The second-order valence-corrected chi connectivity index (χ2v) is 5.59. The van der Waals surface area contributed by atoms with Crippen molar-refractivity contribution in [2.45, 2.75) is 38.1 Å². The summed E-state index contributed by atoms with van der Waals surface area (Å²) in [5, 5.41) is 14.1. The molecule has 0 radical (unpaired) electrons. The third-order valence-electron chi connectivity index (χ3n) is 4.30. The van der Waals surface area contributed by atoms with Gasteiger partial charge in [-0.2, -0.15) is 0 Å². The van der Waals surface area contributed by atoms with Gasteiger partial charge in [-0.3, -0.25) is 10.1 Å². The molecule has 0 spiro atoms. The van der Waals surface area contributed by atoms with Gasteiger partial charge in [-0.15, -0.1) is 0 Å². The van der Waals surface area contributed by atoms with Crippen LogP contribution in [0.4, 0.5) is 15.8 Å². The highest BCUT2D eigenvalue weighted by Gasteiger charge is 2.37. The van der Waals surface area contributed by atoms with Crippen molar-refractivity contribution in [3.63, 3.8) is 0 Å². The zero-order valence-corrected chi connectivity index (χ0v) is 11.6. The number of nitro groups is 1. The minimum atomic E-state index is -0.614. The van der Waals surface area contributed by atoms with Crippen LogP contribution in [0.3, 0.4) is 0 Å². The Balaban J connectivity index is 2.29. The topological polar surface area (TPSA) is 81.2 Å². The van der Waals surface area contributed by atoms with Crippen LogP contribution in [-0.4, -0.2) is 17.0 Å². The highest BCUT2D eigenvalue weighted by Crippen LogP contribution is 2.36. The zero-order chi connectivity index (χ0) is 14.8. The smallest absolute Gasteiger partial charge is 0.274 e. The summed E-state index contributed by atoms with van der Waals surface area (Å²) in [5.41, 5.74) is 5.80. The Labute approximate surface area is 117 Å². The Kier molecular flexibility index (Phi) is 4.23. The molecular formula is C14H20FN3O2. The van der Waals surface area contributed by atoms with Crippen LogP contribution in [0.25, 0.3) is 0 Å². The molecule has 0 amide bonds. The lowest BCUT2D eigenvalue weighted by molar-refractivity contribution is -0.385. The normalized spacial score (nSPS) is 26.2. The minimum Gasteiger partial charge on any atom is -0.378 e. The maximum Gasteiger partial charge on any atom is 0.274 e. The van der Waals surface area contributed by atoms with Gasteiger partial charge in [0.15, 0.2) is 0 Å². The number of hydrogen-bond donors (Lipinski definition) is 2. The molecule has 1 saturated carbocycles. The maximum atomic E-state index is 13.5. The van der Waals surface area contributed by atoms with E-state index in [-0.39, 0.29) is 11.2 Å². The number of halogens is 1. The van der Waals surface area contributed by atoms with Gasteiger partial charge in [-0.1, -0.05) is 19.8 Å². The third kappa shape index (κ3) is 2.90. The van der Waals surface area contributed by atoms with Gasteiger partial charge in [-0.05, 0) is 24.8 Å². The fraction of sp³-hybridized carbons (Fsp3) is 0.571. The van der Waals surface area contributed by atoms with Crippen LogP contribution in [0.1, 0.15) is 32.6 Å². The lowest BCUT2D eigenvalue weighted by Gasteiger charge is -2.43. The van der Waals surface area contributed by atoms with Crippen LogP contribution in [0.15, 0.2) is 18.2 Å². The molecule has 3 N–H and O–H groups in total. The number of nitro benzene ring substituents is 1. The van der Waals surface area contributed by atoms with Crippen molar-refractivity contribution in [3.8, 4) is 0 Å². The molecule has 0 bridgehead atoms. The van der Waals surface area contributed by atoms with Crippen molar-refractivity contribution in [2.24, 2.45) is 11.7 Å². The molecule has 110 valence electrons. The van der Waals surface area contributed by atoms with Gasteiger partial charge in [0.05, 0.1) is 16.5 Å². The number of hydrogen-bond acceptors (Lipinski definition) is 4. The van der Waals surface area contributed by atoms with Gasteiger partial charge in [0, 0.05) is 18.3 Å².